The van der Waals surface area contributed by atoms with Crippen LogP contribution >= 0.6 is 0 Å². The van der Waals surface area contributed by atoms with E-state index in [1.54, 1.807) is 0 Å². The van der Waals surface area contributed by atoms with Crippen LogP contribution in [0.5, 0.6) is 0 Å². The first-order valence-corrected chi connectivity index (χ1v) is 5.33. The molecule has 0 amide bonds. The molecule has 0 bridgehead atoms. The summed E-state index contributed by atoms with van der Waals surface area (Å²) >= 11 is 0. The second kappa shape index (κ2) is 4.99. The topological polar surface area (TPSA) is 92.5 Å². The van der Waals surface area contributed by atoms with Crippen LogP contribution in [-0.4, -0.2) is 27.7 Å². The number of hydrogen-bond acceptors (Lipinski definition) is 4. The van der Waals surface area contributed by atoms with Gasteiger partial charge in [-0.25, -0.2) is 4.79 Å². The number of nitro groups is 1. The first-order chi connectivity index (χ1) is 9.00. The summed E-state index contributed by atoms with van der Waals surface area (Å²) in [7, 11) is 0. The number of anilines is 1. The molecule has 20 heavy (non-hydrogen) atoms. The Morgan fingerprint density at radius 1 is 1.40 bits per heavy atom. The Bertz CT molecular complexity index is 559. The van der Waals surface area contributed by atoms with Gasteiger partial charge in [0.2, 0.25) is 5.54 Å². The van der Waals surface area contributed by atoms with Crippen LogP contribution in [0.3, 0.4) is 0 Å². The summed E-state index contributed by atoms with van der Waals surface area (Å²) in [6.45, 7) is 1.69. The third-order valence-corrected chi connectivity index (χ3v) is 2.88. The monoisotopic (exact) mass is 292 g/mol. The highest BCUT2D eigenvalue weighted by molar-refractivity contribution is 5.84. The lowest BCUT2D eigenvalue weighted by molar-refractivity contribution is -0.385. The third kappa shape index (κ3) is 2.65. The van der Waals surface area contributed by atoms with Crippen molar-refractivity contribution in [3.63, 3.8) is 0 Å². The molecule has 1 aromatic carbocycles. The number of benzene rings is 1. The summed E-state index contributed by atoms with van der Waals surface area (Å²) in [6.07, 6.45) is -5.07. The zero-order valence-corrected chi connectivity index (χ0v) is 10.5. The number of rotatable bonds is 4. The fourth-order valence-corrected chi connectivity index (χ4v) is 1.47. The van der Waals surface area contributed by atoms with Gasteiger partial charge >= 0.3 is 12.1 Å². The number of carbonyl (C=O) groups is 1. The van der Waals surface area contributed by atoms with Gasteiger partial charge in [-0.15, -0.1) is 0 Å². The quantitative estimate of drug-likeness (QED) is 0.657. The largest absolute Gasteiger partial charge is 0.479 e. The Kier molecular flexibility index (Phi) is 3.92. The van der Waals surface area contributed by atoms with E-state index >= 15 is 0 Å². The standard InChI is InChI=1S/C11H11F3N2O4/c1-6-7(4-3-5-8(6)16(19)20)15-10(2,9(17)18)11(12,13)14/h3-5,15H,1-2H3,(H,17,18). The van der Waals surface area contributed by atoms with Crippen LogP contribution in [0, 0.1) is 17.0 Å². The maximum absolute atomic E-state index is 12.9. The van der Waals surface area contributed by atoms with E-state index < -0.39 is 28.3 Å². The van der Waals surface area contributed by atoms with Crippen molar-refractivity contribution in [1.29, 1.82) is 0 Å². The van der Waals surface area contributed by atoms with Gasteiger partial charge in [0.1, 0.15) is 0 Å². The predicted octanol–water partition coefficient (Wildman–Crippen LogP) is 2.72. The Balaban J connectivity index is 3.31. The van der Waals surface area contributed by atoms with Crippen LogP contribution in [0.25, 0.3) is 0 Å². The van der Waals surface area contributed by atoms with Crippen molar-refractivity contribution in [2.75, 3.05) is 5.32 Å². The molecule has 0 aliphatic heterocycles. The lowest BCUT2D eigenvalue weighted by Gasteiger charge is -2.30. The molecule has 1 atom stereocenters. The number of carboxylic acids is 1. The van der Waals surface area contributed by atoms with Crippen molar-refractivity contribution >= 4 is 17.3 Å². The molecule has 1 unspecified atom stereocenters. The maximum Gasteiger partial charge on any atom is 0.422 e. The zero-order valence-electron chi connectivity index (χ0n) is 10.5. The van der Waals surface area contributed by atoms with E-state index in [2.05, 4.69) is 0 Å². The van der Waals surface area contributed by atoms with Gasteiger partial charge in [-0.1, -0.05) is 6.07 Å². The van der Waals surface area contributed by atoms with Crippen LogP contribution in [0.15, 0.2) is 18.2 Å². The fourth-order valence-electron chi connectivity index (χ4n) is 1.47. The molecular formula is C11H11F3N2O4. The van der Waals surface area contributed by atoms with Crippen LogP contribution in [0.1, 0.15) is 12.5 Å². The van der Waals surface area contributed by atoms with E-state index in [0.29, 0.717) is 6.92 Å². The summed E-state index contributed by atoms with van der Waals surface area (Å²) in [6, 6.07) is 3.44. The van der Waals surface area contributed by atoms with Crippen molar-refractivity contribution in [2.24, 2.45) is 0 Å². The molecule has 0 heterocycles. The number of nitro benzene ring substituents is 1. The average molecular weight is 292 g/mol. The lowest BCUT2D eigenvalue weighted by Crippen LogP contribution is -2.55. The van der Waals surface area contributed by atoms with E-state index in [-0.39, 0.29) is 11.3 Å². The van der Waals surface area contributed by atoms with Crippen LogP contribution in [0.4, 0.5) is 24.5 Å². The normalized spacial score (nSPS) is 14.4. The van der Waals surface area contributed by atoms with Gasteiger partial charge < -0.3 is 10.4 Å². The van der Waals surface area contributed by atoms with Crippen LogP contribution in [-0.2, 0) is 4.79 Å². The summed E-state index contributed by atoms with van der Waals surface area (Å²) in [5.74, 6) is -2.13. The molecule has 0 saturated heterocycles. The van der Waals surface area contributed by atoms with E-state index in [1.165, 1.54) is 13.0 Å². The summed E-state index contributed by atoms with van der Waals surface area (Å²) in [5.41, 5.74) is -3.98. The molecule has 0 aliphatic carbocycles. The van der Waals surface area contributed by atoms with Crippen molar-refractivity contribution in [2.45, 2.75) is 25.6 Å². The summed E-state index contributed by atoms with van der Waals surface area (Å²) in [5, 5.41) is 21.3. The van der Waals surface area contributed by atoms with Crippen LogP contribution < -0.4 is 5.32 Å². The molecule has 9 heteroatoms. The van der Waals surface area contributed by atoms with E-state index in [1.807, 2.05) is 5.32 Å². The minimum absolute atomic E-state index is 0.0748. The molecule has 0 aromatic heterocycles. The molecule has 0 spiro atoms. The lowest BCUT2D eigenvalue weighted by atomic mass is 10.0. The van der Waals surface area contributed by atoms with E-state index in [4.69, 9.17) is 5.11 Å². The Morgan fingerprint density at radius 3 is 2.35 bits per heavy atom. The minimum atomic E-state index is -5.07. The smallest absolute Gasteiger partial charge is 0.422 e. The summed E-state index contributed by atoms with van der Waals surface area (Å²) in [4.78, 5) is 20.8. The maximum atomic E-state index is 12.9. The molecule has 0 radical (unpaired) electrons. The number of hydrogen-bond donors (Lipinski definition) is 2. The van der Waals surface area contributed by atoms with Crippen molar-refractivity contribution in [3.05, 3.63) is 33.9 Å². The molecule has 110 valence electrons. The Hall–Kier alpha value is -2.32. The zero-order chi connectivity index (χ0) is 15.7. The van der Waals surface area contributed by atoms with Gasteiger partial charge in [0.15, 0.2) is 0 Å². The molecule has 0 saturated carbocycles. The second-order valence-corrected chi connectivity index (χ2v) is 4.26. The molecule has 6 nitrogen and oxygen atoms in total. The SMILES string of the molecule is Cc1c(NC(C)(C(=O)O)C(F)(F)F)cccc1[N+](=O)[O-]. The molecule has 0 aliphatic rings. The van der Waals surface area contributed by atoms with E-state index in [9.17, 15) is 28.1 Å². The summed E-state index contributed by atoms with van der Waals surface area (Å²) < 4.78 is 38.6. The molecule has 1 rings (SSSR count). The fraction of sp³-hybridized carbons (Fsp3) is 0.364. The van der Waals surface area contributed by atoms with Gasteiger partial charge in [-0.05, 0) is 19.9 Å². The van der Waals surface area contributed by atoms with Crippen molar-refractivity contribution in [3.8, 4) is 0 Å². The highest BCUT2D eigenvalue weighted by Crippen LogP contribution is 2.36. The number of aliphatic carboxylic acids is 1. The minimum Gasteiger partial charge on any atom is -0.479 e. The van der Waals surface area contributed by atoms with Crippen LogP contribution in [0.2, 0.25) is 0 Å². The van der Waals surface area contributed by atoms with Crippen molar-refractivity contribution in [1.82, 2.24) is 0 Å². The number of alkyl halides is 3. The van der Waals surface area contributed by atoms with Gasteiger partial charge in [-0.2, -0.15) is 13.2 Å². The predicted molar refractivity (Wildman–Crippen MR) is 63.6 cm³/mol. The van der Waals surface area contributed by atoms with Gasteiger partial charge in [-0.3, -0.25) is 10.1 Å². The Morgan fingerprint density at radius 2 is 1.95 bits per heavy atom. The van der Waals surface area contributed by atoms with E-state index in [0.717, 1.165) is 12.1 Å². The van der Waals surface area contributed by atoms with Gasteiger partial charge in [0, 0.05) is 17.3 Å². The number of nitrogens with one attached hydrogen (secondary N) is 1. The highest BCUT2D eigenvalue weighted by atomic mass is 19.4. The molecule has 0 fully saturated rings. The third-order valence-electron chi connectivity index (χ3n) is 2.88. The molecule has 1 aromatic rings. The van der Waals surface area contributed by atoms with Crippen molar-refractivity contribution < 1.29 is 28.0 Å². The molecule has 2 N–H and O–H groups in total. The van der Waals surface area contributed by atoms with Gasteiger partial charge in [0.05, 0.1) is 4.92 Å². The number of nitrogens with zero attached hydrogens (tertiary/aromatic N) is 1. The number of halogens is 3. The highest BCUT2D eigenvalue weighted by Gasteiger charge is 2.57. The number of carboxylic acid groups (broad SMARTS) is 1. The molecular weight excluding hydrogens is 281 g/mol. The Labute approximate surface area is 111 Å². The average Bonchev–Trinajstić information content (AvgIpc) is 2.29. The van der Waals surface area contributed by atoms with Gasteiger partial charge in [0.25, 0.3) is 5.69 Å². The second-order valence-electron chi connectivity index (χ2n) is 4.26. The first kappa shape index (κ1) is 15.7. The first-order valence-electron chi connectivity index (χ1n) is 5.33.